The van der Waals surface area contributed by atoms with Gasteiger partial charge in [-0.25, -0.2) is 14.0 Å². The highest BCUT2D eigenvalue weighted by molar-refractivity contribution is 8.00. The predicted octanol–water partition coefficient (Wildman–Crippen LogP) is 8.85. The van der Waals surface area contributed by atoms with Gasteiger partial charge in [0.15, 0.2) is 0 Å². The molecule has 1 aliphatic heterocycles. The zero-order chi connectivity index (χ0) is 41.4. The normalized spacial score (nSPS) is 13.1. The Bertz CT molecular complexity index is 2360. The Hall–Kier alpha value is -6.25. The Morgan fingerprint density at radius 3 is 2.26 bits per heavy atom. The molecule has 14 heteroatoms. The fraction of sp³-hybridized carbons (Fsp3) is 0.205. The topological polar surface area (TPSA) is 143 Å². The number of amides is 4. The number of benzene rings is 4. The average molecular weight is 821 g/mol. The molecule has 11 nitrogen and oxygen atoms in total. The molecule has 1 unspecified atom stereocenters. The quantitative estimate of drug-likeness (QED) is 0.0682. The van der Waals surface area contributed by atoms with Gasteiger partial charge in [0.05, 0.1) is 19.2 Å². The number of thiophene rings is 1. The Morgan fingerprint density at radius 2 is 1.57 bits per heavy atom. The highest BCUT2D eigenvalue weighted by atomic mass is 32.2. The summed E-state index contributed by atoms with van der Waals surface area (Å²) in [4.78, 5) is 70.1. The molecule has 4 aromatic carbocycles. The number of nitrogens with one attached hydrogen (secondary N) is 3. The van der Waals surface area contributed by atoms with Gasteiger partial charge in [0, 0.05) is 33.1 Å². The number of carbonyl (C=O) groups is 5. The molecule has 298 valence electrons. The molecule has 0 bridgehead atoms. The zero-order valence-electron chi connectivity index (χ0n) is 32.2. The smallest absolute Gasteiger partial charge is 0.410 e. The summed E-state index contributed by atoms with van der Waals surface area (Å²) in [6.07, 6.45) is 1.17. The summed E-state index contributed by atoms with van der Waals surface area (Å²) in [6, 6.07) is 30.1. The molecule has 1 atom stereocenters. The molecule has 58 heavy (non-hydrogen) atoms. The molecule has 0 fully saturated rings. The van der Waals surface area contributed by atoms with E-state index in [1.54, 1.807) is 86.3 Å². The van der Waals surface area contributed by atoms with Crippen LogP contribution in [0.2, 0.25) is 0 Å². The van der Waals surface area contributed by atoms with Gasteiger partial charge in [0.2, 0.25) is 5.91 Å². The summed E-state index contributed by atoms with van der Waals surface area (Å²) >= 11 is 2.43. The Labute approximate surface area is 343 Å². The van der Waals surface area contributed by atoms with E-state index in [4.69, 9.17) is 9.47 Å². The van der Waals surface area contributed by atoms with Gasteiger partial charge in [-0.1, -0.05) is 72.8 Å². The summed E-state index contributed by atoms with van der Waals surface area (Å²) in [5, 5.41) is 7.87. The van der Waals surface area contributed by atoms with Crippen molar-refractivity contribution in [1.82, 2.24) is 10.2 Å². The van der Waals surface area contributed by atoms with E-state index in [-0.39, 0.29) is 23.4 Å². The summed E-state index contributed by atoms with van der Waals surface area (Å²) in [7, 11) is 1.28. The number of anilines is 2. The van der Waals surface area contributed by atoms with Crippen LogP contribution in [-0.4, -0.2) is 53.9 Å². The van der Waals surface area contributed by atoms with Crippen LogP contribution in [0.5, 0.6) is 0 Å². The molecule has 0 saturated carbocycles. The van der Waals surface area contributed by atoms with Crippen LogP contribution < -0.4 is 16.0 Å². The number of thioether (sulfide) groups is 1. The van der Waals surface area contributed by atoms with Crippen LogP contribution in [0.4, 0.5) is 19.9 Å². The van der Waals surface area contributed by atoms with Crippen molar-refractivity contribution in [3.05, 3.63) is 153 Å². The molecule has 1 aliphatic rings. The number of methoxy groups -OCH3 is 1. The molecule has 0 saturated heterocycles. The first-order valence-electron chi connectivity index (χ1n) is 18.3. The third-order valence-electron chi connectivity index (χ3n) is 8.75. The van der Waals surface area contributed by atoms with Crippen LogP contribution in [0.3, 0.4) is 0 Å². The fourth-order valence-corrected chi connectivity index (χ4v) is 8.38. The van der Waals surface area contributed by atoms with Gasteiger partial charge >= 0.3 is 12.1 Å². The number of esters is 1. The molecular weight excluding hydrogens is 780 g/mol. The number of rotatable bonds is 11. The standard InChI is InChI=1S/C44H41FN4O7S2/c1-44(2,3)56-43(54)49-23-22-32-35(26-49)58-41(36(32)42(53)55-4)48-40(52)37(27-14-7-5-8-15-27)57-31-20-13-19-30(25-31)46-39(51)34(24-29-18-11-12-21-33(29)45)47-38(50)28-16-9-6-10-17-28/h5-21,24-25,37H,22-23,26H2,1-4H3,(H,46,51)(H,47,50)(H,48,52)/b34-24-. The molecule has 1 aromatic heterocycles. The van der Waals surface area contributed by atoms with Crippen LogP contribution in [0.25, 0.3) is 6.08 Å². The fourth-order valence-electron chi connectivity index (χ4n) is 6.04. The van der Waals surface area contributed by atoms with Crippen LogP contribution in [0, 0.1) is 5.82 Å². The lowest BCUT2D eigenvalue weighted by molar-refractivity contribution is -0.116. The van der Waals surface area contributed by atoms with E-state index < -0.39 is 46.5 Å². The number of halogens is 1. The highest BCUT2D eigenvalue weighted by Gasteiger charge is 2.34. The van der Waals surface area contributed by atoms with Crippen molar-refractivity contribution in [2.45, 2.75) is 49.5 Å². The minimum absolute atomic E-state index is 0.101. The minimum atomic E-state index is -0.822. The molecule has 0 spiro atoms. The minimum Gasteiger partial charge on any atom is -0.465 e. The van der Waals surface area contributed by atoms with E-state index in [1.807, 2.05) is 30.3 Å². The van der Waals surface area contributed by atoms with Crippen LogP contribution >= 0.6 is 23.1 Å². The lowest BCUT2D eigenvalue weighted by atomic mass is 10.0. The van der Waals surface area contributed by atoms with Gasteiger partial charge in [-0.2, -0.15) is 0 Å². The van der Waals surface area contributed by atoms with E-state index in [0.29, 0.717) is 45.2 Å². The second-order valence-corrected chi connectivity index (χ2v) is 16.4. The van der Waals surface area contributed by atoms with E-state index in [9.17, 15) is 28.4 Å². The monoisotopic (exact) mass is 820 g/mol. The Morgan fingerprint density at radius 1 is 0.879 bits per heavy atom. The van der Waals surface area contributed by atoms with E-state index in [1.165, 1.54) is 54.5 Å². The molecule has 6 rings (SSSR count). The summed E-state index contributed by atoms with van der Waals surface area (Å²) in [6.45, 7) is 5.91. The van der Waals surface area contributed by atoms with Crippen molar-refractivity contribution < 1.29 is 37.8 Å². The van der Waals surface area contributed by atoms with Gasteiger partial charge in [-0.05, 0) is 80.8 Å². The Balaban J connectivity index is 1.24. The number of hydrogen-bond acceptors (Lipinski definition) is 9. The predicted molar refractivity (Wildman–Crippen MR) is 223 cm³/mol. The summed E-state index contributed by atoms with van der Waals surface area (Å²) in [5.41, 5.74) is 1.53. The third-order valence-corrected chi connectivity index (χ3v) is 11.1. The second-order valence-electron chi connectivity index (χ2n) is 14.1. The van der Waals surface area contributed by atoms with E-state index >= 15 is 0 Å². The van der Waals surface area contributed by atoms with Crippen LogP contribution in [0.15, 0.2) is 120 Å². The van der Waals surface area contributed by atoms with Gasteiger partial charge in [-0.3, -0.25) is 14.4 Å². The lowest BCUT2D eigenvalue weighted by Gasteiger charge is -2.30. The maximum atomic E-state index is 14.7. The number of fused-ring (bicyclic) bond motifs is 1. The molecule has 2 heterocycles. The molecular formula is C44H41FN4O7S2. The second kappa shape index (κ2) is 18.3. The number of nitrogens with zero attached hydrogens (tertiary/aromatic N) is 1. The molecule has 4 amide bonds. The van der Waals surface area contributed by atoms with Gasteiger partial charge in [-0.15, -0.1) is 23.1 Å². The molecule has 0 radical (unpaired) electrons. The van der Waals surface area contributed by atoms with Gasteiger partial charge < -0.3 is 30.3 Å². The SMILES string of the molecule is COC(=O)c1c(NC(=O)C(Sc2cccc(NC(=O)/C(=C/c3ccccc3F)NC(=O)c3ccccc3)c2)c2ccccc2)sc2c1CCN(C(=O)OC(C)(C)C)C2. The molecule has 3 N–H and O–H groups in total. The maximum Gasteiger partial charge on any atom is 0.410 e. The molecule has 0 aliphatic carbocycles. The first-order valence-corrected chi connectivity index (χ1v) is 20.0. The first-order chi connectivity index (χ1) is 27.8. The van der Waals surface area contributed by atoms with Crippen molar-refractivity contribution in [3.8, 4) is 0 Å². The number of carbonyl (C=O) groups excluding carboxylic acids is 5. The first kappa shape index (κ1) is 41.4. The Kier molecular flexibility index (Phi) is 13.1. The van der Waals surface area contributed by atoms with Crippen molar-refractivity contribution in [2.24, 2.45) is 0 Å². The summed E-state index contributed by atoms with van der Waals surface area (Å²) < 4.78 is 25.4. The lowest BCUT2D eigenvalue weighted by Crippen LogP contribution is -2.39. The third kappa shape index (κ3) is 10.4. The van der Waals surface area contributed by atoms with Crippen molar-refractivity contribution in [2.75, 3.05) is 24.3 Å². The van der Waals surface area contributed by atoms with Crippen LogP contribution in [-0.2, 0) is 32.0 Å². The summed E-state index contributed by atoms with van der Waals surface area (Å²) in [5.74, 6) is -2.85. The van der Waals surface area contributed by atoms with Gasteiger partial charge in [0.1, 0.15) is 27.4 Å². The zero-order valence-corrected chi connectivity index (χ0v) is 33.8. The number of hydrogen-bond donors (Lipinski definition) is 3. The van der Waals surface area contributed by atoms with Crippen molar-refractivity contribution >= 4 is 69.6 Å². The van der Waals surface area contributed by atoms with Crippen molar-refractivity contribution in [3.63, 3.8) is 0 Å². The molecule has 5 aromatic rings. The van der Waals surface area contributed by atoms with Crippen LogP contribution in [0.1, 0.15) is 68.3 Å². The van der Waals surface area contributed by atoms with E-state index in [2.05, 4.69) is 16.0 Å². The highest BCUT2D eigenvalue weighted by Crippen LogP contribution is 2.41. The van der Waals surface area contributed by atoms with Crippen molar-refractivity contribution in [1.29, 1.82) is 0 Å². The van der Waals surface area contributed by atoms with E-state index in [0.717, 1.165) is 4.88 Å². The van der Waals surface area contributed by atoms with Gasteiger partial charge in [0.25, 0.3) is 11.8 Å². The number of ether oxygens (including phenoxy) is 2. The maximum absolute atomic E-state index is 14.7. The average Bonchev–Trinajstić information content (AvgIpc) is 3.57. The largest absolute Gasteiger partial charge is 0.465 e.